The summed E-state index contributed by atoms with van der Waals surface area (Å²) >= 11 is 0. The van der Waals surface area contributed by atoms with Gasteiger partial charge >= 0.3 is 12.0 Å². The van der Waals surface area contributed by atoms with Crippen molar-refractivity contribution in [3.8, 4) is 5.75 Å². The van der Waals surface area contributed by atoms with Crippen LogP contribution in [-0.4, -0.2) is 63.3 Å². The van der Waals surface area contributed by atoms with Crippen LogP contribution in [0, 0.1) is 0 Å². The molecule has 2 aromatic rings. The first-order valence-corrected chi connectivity index (χ1v) is 11.2. The fraction of sp³-hybridized carbons (Fsp3) is 0.360. The summed E-state index contributed by atoms with van der Waals surface area (Å²) in [5.74, 6) is 0.279. The van der Waals surface area contributed by atoms with Gasteiger partial charge in [-0.25, -0.2) is 9.59 Å². The molecule has 0 aromatic heterocycles. The number of nitrogens with one attached hydrogen (secondary N) is 2. The van der Waals surface area contributed by atoms with Gasteiger partial charge in [0.15, 0.2) is 0 Å². The first-order valence-electron chi connectivity index (χ1n) is 11.2. The van der Waals surface area contributed by atoms with Gasteiger partial charge in [0, 0.05) is 44.1 Å². The molecule has 2 aliphatic rings. The summed E-state index contributed by atoms with van der Waals surface area (Å²) in [6.07, 6.45) is 0. The van der Waals surface area contributed by atoms with Crippen LogP contribution in [0.4, 0.5) is 10.5 Å². The minimum absolute atomic E-state index is 0.259. The second-order valence-electron chi connectivity index (χ2n) is 8.02. The van der Waals surface area contributed by atoms with Crippen molar-refractivity contribution in [2.75, 3.05) is 51.3 Å². The standard InChI is InChI=1S/C25H30N4O4/c1-3-33-24(30)22-21(17-28-13-15-29(16-14-28)19-7-5-4-6-8-19)26-25(31)27-23(22)18-9-11-20(32-2)12-10-18/h4-12,23H,3,13-17H2,1-2H3,(H2,26,27,31)/t23-/m0/s1. The van der Waals surface area contributed by atoms with E-state index in [1.165, 1.54) is 5.69 Å². The van der Waals surface area contributed by atoms with E-state index in [4.69, 9.17) is 9.47 Å². The van der Waals surface area contributed by atoms with Crippen molar-refractivity contribution in [2.24, 2.45) is 0 Å². The summed E-state index contributed by atoms with van der Waals surface area (Å²) in [6.45, 7) is 5.90. The molecule has 1 saturated heterocycles. The Morgan fingerprint density at radius 3 is 2.36 bits per heavy atom. The van der Waals surface area contributed by atoms with Crippen LogP contribution in [0.1, 0.15) is 18.5 Å². The van der Waals surface area contributed by atoms with Gasteiger partial charge in [0.1, 0.15) is 5.75 Å². The largest absolute Gasteiger partial charge is 0.497 e. The van der Waals surface area contributed by atoms with E-state index in [1.807, 2.05) is 42.5 Å². The number of para-hydroxylation sites is 1. The molecule has 2 amide bonds. The molecule has 33 heavy (non-hydrogen) atoms. The number of nitrogens with zero attached hydrogens (tertiary/aromatic N) is 2. The molecule has 2 aromatic carbocycles. The van der Waals surface area contributed by atoms with Gasteiger partial charge in [-0.05, 0) is 36.8 Å². The minimum Gasteiger partial charge on any atom is -0.497 e. The van der Waals surface area contributed by atoms with E-state index >= 15 is 0 Å². The molecule has 2 aliphatic heterocycles. The Balaban J connectivity index is 1.56. The third kappa shape index (κ3) is 5.28. The summed E-state index contributed by atoms with van der Waals surface area (Å²) in [5, 5.41) is 5.75. The quantitative estimate of drug-likeness (QED) is 0.631. The van der Waals surface area contributed by atoms with Gasteiger partial charge in [-0.15, -0.1) is 0 Å². The summed E-state index contributed by atoms with van der Waals surface area (Å²) in [4.78, 5) is 30.1. The van der Waals surface area contributed by atoms with Crippen molar-refractivity contribution < 1.29 is 19.1 Å². The fourth-order valence-electron chi connectivity index (χ4n) is 4.27. The number of amides is 2. The molecule has 4 rings (SSSR count). The van der Waals surface area contributed by atoms with Gasteiger partial charge in [-0.1, -0.05) is 30.3 Å². The van der Waals surface area contributed by atoms with E-state index in [0.717, 1.165) is 31.7 Å². The molecule has 0 spiro atoms. The molecular weight excluding hydrogens is 420 g/mol. The lowest BCUT2D eigenvalue weighted by Gasteiger charge is -2.38. The Morgan fingerprint density at radius 1 is 1.03 bits per heavy atom. The highest BCUT2D eigenvalue weighted by molar-refractivity contribution is 5.95. The number of anilines is 1. The maximum atomic E-state index is 13.0. The van der Waals surface area contributed by atoms with Gasteiger partial charge in [0.2, 0.25) is 0 Å². The SMILES string of the molecule is CCOC(=O)C1=C(CN2CCN(c3ccccc3)CC2)NC(=O)N[C@H]1c1ccc(OC)cc1. The van der Waals surface area contributed by atoms with Gasteiger partial charge in [-0.2, -0.15) is 0 Å². The molecule has 1 fully saturated rings. The highest BCUT2D eigenvalue weighted by Crippen LogP contribution is 2.29. The van der Waals surface area contributed by atoms with E-state index < -0.39 is 12.0 Å². The summed E-state index contributed by atoms with van der Waals surface area (Å²) in [5.41, 5.74) is 3.02. The Hall–Kier alpha value is -3.52. The Labute approximate surface area is 194 Å². The van der Waals surface area contributed by atoms with E-state index in [-0.39, 0.29) is 12.6 Å². The van der Waals surface area contributed by atoms with E-state index in [1.54, 1.807) is 14.0 Å². The van der Waals surface area contributed by atoms with Crippen LogP contribution in [0.15, 0.2) is 65.9 Å². The predicted molar refractivity (Wildman–Crippen MR) is 126 cm³/mol. The zero-order valence-electron chi connectivity index (χ0n) is 19.0. The van der Waals surface area contributed by atoms with Crippen LogP contribution >= 0.6 is 0 Å². The van der Waals surface area contributed by atoms with Crippen LogP contribution in [0.5, 0.6) is 5.75 Å². The topological polar surface area (TPSA) is 83.1 Å². The summed E-state index contributed by atoms with van der Waals surface area (Å²) in [7, 11) is 1.60. The van der Waals surface area contributed by atoms with Gasteiger partial charge in [0.25, 0.3) is 0 Å². The second-order valence-corrected chi connectivity index (χ2v) is 8.02. The maximum absolute atomic E-state index is 13.0. The molecule has 0 unspecified atom stereocenters. The monoisotopic (exact) mass is 450 g/mol. The van der Waals surface area contributed by atoms with Crippen molar-refractivity contribution >= 4 is 17.7 Å². The van der Waals surface area contributed by atoms with Crippen molar-refractivity contribution in [2.45, 2.75) is 13.0 Å². The van der Waals surface area contributed by atoms with Crippen molar-refractivity contribution in [1.82, 2.24) is 15.5 Å². The number of hydrogen-bond donors (Lipinski definition) is 2. The zero-order valence-corrected chi connectivity index (χ0v) is 19.0. The molecule has 2 heterocycles. The number of ether oxygens (including phenoxy) is 2. The van der Waals surface area contributed by atoms with Crippen LogP contribution < -0.4 is 20.3 Å². The normalized spacial score (nSPS) is 19.0. The number of rotatable bonds is 7. The third-order valence-electron chi connectivity index (χ3n) is 5.97. The molecule has 2 N–H and O–H groups in total. The van der Waals surface area contributed by atoms with Gasteiger partial charge in [-0.3, -0.25) is 4.90 Å². The van der Waals surface area contributed by atoms with Gasteiger partial charge < -0.3 is 25.0 Å². The average Bonchev–Trinajstić information content (AvgIpc) is 2.85. The number of urea groups is 1. The van der Waals surface area contributed by atoms with Crippen LogP contribution in [0.2, 0.25) is 0 Å². The smallest absolute Gasteiger partial charge is 0.338 e. The number of esters is 1. The fourth-order valence-corrected chi connectivity index (χ4v) is 4.27. The van der Waals surface area contributed by atoms with Crippen molar-refractivity contribution in [1.29, 1.82) is 0 Å². The zero-order chi connectivity index (χ0) is 23.2. The number of carbonyl (C=O) groups excluding carboxylic acids is 2. The molecule has 0 radical (unpaired) electrons. The molecule has 1 atom stereocenters. The number of hydrogen-bond acceptors (Lipinski definition) is 6. The molecule has 174 valence electrons. The molecule has 0 bridgehead atoms. The lowest BCUT2D eigenvalue weighted by molar-refractivity contribution is -0.139. The number of piperazine rings is 1. The molecule has 0 aliphatic carbocycles. The highest BCUT2D eigenvalue weighted by atomic mass is 16.5. The maximum Gasteiger partial charge on any atom is 0.338 e. The Bertz CT molecular complexity index is 999. The molecular formula is C25H30N4O4. The van der Waals surface area contributed by atoms with Gasteiger partial charge in [0.05, 0.1) is 25.3 Å². The molecule has 8 nitrogen and oxygen atoms in total. The van der Waals surface area contributed by atoms with Crippen molar-refractivity contribution in [3.63, 3.8) is 0 Å². The van der Waals surface area contributed by atoms with Crippen LogP contribution in [0.25, 0.3) is 0 Å². The predicted octanol–water partition coefficient (Wildman–Crippen LogP) is 2.69. The third-order valence-corrected chi connectivity index (χ3v) is 5.97. The molecule has 8 heteroatoms. The number of methoxy groups -OCH3 is 1. The molecule has 0 saturated carbocycles. The first-order chi connectivity index (χ1) is 16.1. The summed E-state index contributed by atoms with van der Waals surface area (Å²) < 4.78 is 10.6. The lowest BCUT2D eigenvalue weighted by atomic mass is 9.94. The van der Waals surface area contributed by atoms with Crippen molar-refractivity contribution in [3.05, 3.63) is 71.4 Å². The second kappa shape index (κ2) is 10.4. The number of benzene rings is 2. The lowest BCUT2D eigenvalue weighted by Crippen LogP contribution is -2.51. The average molecular weight is 451 g/mol. The Morgan fingerprint density at radius 2 is 1.73 bits per heavy atom. The van der Waals surface area contributed by atoms with E-state index in [9.17, 15) is 9.59 Å². The van der Waals surface area contributed by atoms with Crippen LogP contribution in [-0.2, 0) is 9.53 Å². The Kier molecular flexibility index (Phi) is 7.14. The van der Waals surface area contributed by atoms with Crippen LogP contribution in [0.3, 0.4) is 0 Å². The number of carbonyl (C=O) groups is 2. The highest BCUT2D eigenvalue weighted by Gasteiger charge is 2.34. The van der Waals surface area contributed by atoms with E-state index in [2.05, 4.69) is 32.6 Å². The first kappa shape index (κ1) is 22.7. The minimum atomic E-state index is -0.593. The van der Waals surface area contributed by atoms with E-state index in [0.29, 0.717) is 23.6 Å². The summed E-state index contributed by atoms with van der Waals surface area (Å²) in [6, 6.07) is 16.7.